The molecule has 2 aromatic carbocycles. The van der Waals surface area contributed by atoms with Gasteiger partial charge in [0.25, 0.3) is 0 Å². The molecular weight excluding hydrogens is 448 g/mol. The Kier molecular flexibility index (Phi) is 4.02. The van der Waals surface area contributed by atoms with Gasteiger partial charge in [0.1, 0.15) is 0 Å². The summed E-state index contributed by atoms with van der Waals surface area (Å²) >= 11 is 0. The minimum absolute atomic E-state index is 0. The van der Waals surface area contributed by atoms with E-state index < -0.39 is 0 Å². The zero-order valence-corrected chi connectivity index (χ0v) is 14.4. The Bertz CT molecular complexity index is 946. The molecule has 0 N–H and O–H groups in total. The van der Waals surface area contributed by atoms with Crippen LogP contribution in [0.15, 0.2) is 60.9 Å². The summed E-state index contributed by atoms with van der Waals surface area (Å²) in [6.45, 7) is 2.07. The second kappa shape index (κ2) is 5.96. The van der Waals surface area contributed by atoms with Crippen LogP contribution < -0.4 is 0 Å². The van der Waals surface area contributed by atoms with Gasteiger partial charge < -0.3 is 4.98 Å². The maximum Gasteiger partial charge on any atom is 0.0707 e. The molecular formula is C19H13IrN2-. The molecule has 0 unspecified atom stereocenters. The van der Waals surface area contributed by atoms with E-state index in [9.17, 15) is 0 Å². The Balaban J connectivity index is 0.00000144. The zero-order chi connectivity index (χ0) is 14.2. The van der Waals surface area contributed by atoms with Crippen LogP contribution in [0.3, 0.4) is 0 Å². The Morgan fingerprint density at radius 2 is 1.73 bits per heavy atom. The van der Waals surface area contributed by atoms with Crippen LogP contribution in [0.25, 0.3) is 32.9 Å². The Labute approximate surface area is 142 Å². The van der Waals surface area contributed by atoms with Gasteiger partial charge in [-0.2, -0.15) is 0 Å². The molecule has 0 fully saturated rings. The van der Waals surface area contributed by atoms with Gasteiger partial charge in [-0.3, -0.25) is 4.98 Å². The largest absolute Gasteiger partial charge is 0.304 e. The van der Waals surface area contributed by atoms with Crippen LogP contribution in [-0.4, -0.2) is 9.97 Å². The predicted octanol–water partition coefficient (Wildman–Crippen LogP) is 4.56. The molecule has 0 aliphatic heterocycles. The van der Waals surface area contributed by atoms with E-state index in [-0.39, 0.29) is 20.1 Å². The molecule has 0 saturated carbocycles. The number of benzene rings is 2. The smallest absolute Gasteiger partial charge is 0.0707 e. The van der Waals surface area contributed by atoms with Gasteiger partial charge in [-0.1, -0.05) is 19.1 Å². The summed E-state index contributed by atoms with van der Waals surface area (Å²) in [4.78, 5) is 8.98. The average molecular weight is 462 g/mol. The van der Waals surface area contributed by atoms with Crippen LogP contribution >= 0.6 is 0 Å². The van der Waals surface area contributed by atoms with Crippen molar-refractivity contribution in [3.8, 4) is 11.3 Å². The number of nitrogens with zero attached hydrogens (tertiary/aromatic N) is 2. The first-order valence-corrected chi connectivity index (χ1v) is 6.94. The molecule has 4 rings (SSSR count). The number of hydrogen-bond acceptors (Lipinski definition) is 2. The van der Waals surface area contributed by atoms with E-state index in [0.717, 1.165) is 27.5 Å². The molecule has 0 bridgehead atoms. The second-order valence-electron chi connectivity index (χ2n) is 5.17. The molecule has 3 heteroatoms. The maximum absolute atomic E-state index is 4.56. The van der Waals surface area contributed by atoms with E-state index in [1.54, 1.807) is 0 Å². The molecule has 0 aliphatic rings. The van der Waals surface area contributed by atoms with Gasteiger partial charge in [0.05, 0.1) is 5.52 Å². The van der Waals surface area contributed by atoms with Gasteiger partial charge in [-0.05, 0) is 34.7 Å². The molecule has 0 saturated heterocycles. The fraction of sp³-hybridized carbons (Fsp3) is 0.0526. The maximum atomic E-state index is 4.56. The summed E-state index contributed by atoms with van der Waals surface area (Å²) in [6.07, 6.45) is 3.68. The molecule has 1 radical (unpaired) electrons. The molecule has 0 aliphatic carbocycles. The molecule has 2 aromatic heterocycles. The van der Waals surface area contributed by atoms with Gasteiger partial charge in [-0.25, -0.2) is 0 Å². The molecule has 0 atom stereocenters. The van der Waals surface area contributed by atoms with Crippen molar-refractivity contribution in [2.45, 2.75) is 6.92 Å². The van der Waals surface area contributed by atoms with E-state index in [2.05, 4.69) is 59.4 Å². The van der Waals surface area contributed by atoms with Crippen molar-refractivity contribution in [1.29, 1.82) is 0 Å². The molecule has 2 nitrogen and oxygen atoms in total. The molecule has 22 heavy (non-hydrogen) atoms. The first-order valence-electron chi connectivity index (χ1n) is 6.94. The van der Waals surface area contributed by atoms with E-state index in [1.165, 1.54) is 10.9 Å². The Morgan fingerprint density at radius 3 is 2.55 bits per heavy atom. The van der Waals surface area contributed by atoms with Crippen LogP contribution in [0.2, 0.25) is 0 Å². The van der Waals surface area contributed by atoms with Crippen molar-refractivity contribution >= 4 is 21.7 Å². The molecule has 2 heterocycles. The van der Waals surface area contributed by atoms with Crippen molar-refractivity contribution < 1.29 is 20.1 Å². The van der Waals surface area contributed by atoms with Crippen LogP contribution in [0, 0.1) is 13.0 Å². The van der Waals surface area contributed by atoms with Crippen LogP contribution in [0.4, 0.5) is 0 Å². The molecule has 0 amide bonds. The quantitative estimate of drug-likeness (QED) is 0.307. The van der Waals surface area contributed by atoms with Gasteiger partial charge in [-0.15, -0.1) is 35.4 Å². The summed E-state index contributed by atoms with van der Waals surface area (Å²) in [5, 5.41) is 3.48. The Morgan fingerprint density at radius 1 is 0.818 bits per heavy atom. The summed E-state index contributed by atoms with van der Waals surface area (Å²) in [7, 11) is 0. The van der Waals surface area contributed by atoms with E-state index >= 15 is 0 Å². The van der Waals surface area contributed by atoms with Gasteiger partial charge in [0.2, 0.25) is 0 Å². The minimum Gasteiger partial charge on any atom is -0.304 e. The molecule has 0 spiro atoms. The standard InChI is InChI=1S/C19H13N2.Ir/c1-13-4-6-14(7-5-13)19-17-8-9-18-16(3-2-11-20-18)15(17)10-12-21-19;/h2-6,8-12H,1H3;/q-1;. The number of pyridine rings is 2. The first kappa shape index (κ1) is 14.8. The summed E-state index contributed by atoms with van der Waals surface area (Å²) in [6, 6.07) is 19.8. The predicted molar refractivity (Wildman–Crippen MR) is 86.1 cm³/mol. The van der Waals surface area contributed by atoms with Crippen molar-refractivity contribution in [3.63, 3.8) is 0 Å². The summed E-state index contributed by atoms with van der Waals surface area (Å²) in [5.74, 6) is 0. The average Bonchev–Trinajstić information content (AvgIpc) is 2.55. The van der Waals surface area contributed by atoms with Crippen molar-refractivity contribution in [3.05, 3.63) is 72.6 Å². The Hall–Kier alpha value is -2.09. The van der Waals surface area contributed by atoms with Crippen molar-refractivity contribution in [2.24, 2.45) is 0 Å². The number of aromatic nitrogens is 2. The van der Waals surface area contributed by atoms with Crippen LogP contribution in [0.1, 0.15) is 5.56 Å². The summed E-state index contributed by atoms with van der Waals surface area (Å²) < 4.78 is 0. The first-order chi connectivity index (χ1) is 10.3. The normalized spacial score (nSPS) is 10.6. The number of fused-ring (bicyclic) bond motifs is 3. The van der Waals surface area contributed by atoms with Gasteiger partial charge in [0.15, 0.2) is 0 Å². The van der Waals surface area contributed by atoms with Crippen molar-refractivity contribution in [2.75, 3.05) is 0 Å². The third kappa shape index (κ3) is 2.43. The third-order valence-electron chi connectivity index (χ3n) is 3.75. The van der Waals surface area contributed by atoms with Crippen LogP contribution in [0.5, 0.6) is 0 Å². The SMILES string of the molecule is Cc1c[c-]c(-c2nccc3c2ccc2ncccc23)cc1.[Ir]. The van der Waals surface area contributed by atoms with E-state index in [0.29, 0.717) is 0 Å². The molecule has 4 aromatic rings. The monoisotopic (exact) mass is 462 g/mol. The fourth-order valence-electron chi connectivity index (χ4n) is 2.68. The number of rotatable bonds is 1. The third-order valence-corrected chi connectivity index (χ3v) is 3.75. The minimum atomic E-state index is 0. The fourth-order valence-corrected chi connectivity index (χ4v) is 2.68. The van der Waals surface area contributed by atoms with E-state index in [1.807, 2.05) is 24.5 Å². The van der Waals surface area contributed by atoms with E-state index in [4.69, 9.17) is 0 Å². The number of aryl methyl sites for hydroxylation is 1. The zero-order valence-electron chi connectivity index (χ0n) is 12.0. The van der Waals surface area contributed by atoms with Gasteiger partial charge in [0, 0.05) is 37.9 Å². The topological polar surface area (TPSA) is 25.8 Å². The number of hydrogen-bond donors (Lipinski definition) is 0. The summed E-state index contributed by atoms with van der Waals surface area (Å²) in [5.41, 5.74) is 4.20. The molecule has 109 valence electrons. The van der Waals surface area contributed by atoms with Crippen LogP contribution in [-0.2, 0) is 20.1 Å². The van der Waals surface area contributed by atoms with Crippen molar-refractivity contribution in [1.82, 2.24) is 9.97 Å². The van der Waals surface area contributed by atoms with Gasteiger partial charge >= 0.3 is 0 Å². The second-order valence-corrected chi connectivity index (χ2v) is 5.17.